The van der Waals surface area contributed by atoms with Gasteiger partial charge in [0.15, 0.2) is 0 Å². The van der Waals surface area contributed by atoms with Gasteiger partial charge in [-0.15, -0.1) is 0 Å². The maximum absolute atomic E-state index is 12.3. The van der Waals surface area contributed by atoms with E-state index < -0.39 is 5.60 Å². The molecule has 1 N–H and O–H groups in total. The molecule has 2 fully saturated rings. The zero-order valence-electron chi connectivity index (χ0n) is 14.4. The fraction of sp³-hybridized carbons (Fsp3) is 0.941. The molecule has 0 aromatic rings. The first-order valence-electron chi connectivity index (χ1n) is 8.73. The van der Waals surface area contributed by atoms with Crippen molar-refractivity contribution < 1.29 is 14.6 Å². The highest BCUT2D eigenvalue weighted by atomic mass is 16.6. The van der Waals surface area contributed by atoms with Crippen molar-refractivity contribution in [2.45, 2.75) is 64.5 Å². The summed E-state index contributed by atoms with van der Waals surface area (Å²) in [5, 5.41) is 9.28. The van der Waals surface area contributed by atoms with Crippen molar-refractivity contribution in [3.63, 3.8) is 0 Å². The summed E-state index contributed by atoms with van der Waals surface area (Å²) in [6.45, 7) is 9.39. The molecule has 2 rings (SSSR count). The second kappa shape index (κ2) is 7.64. The molecule has 2 aliphatic heterocycles. The largest absolute Gasteiger partial charge is 0.444 e. The minimum atomic E-state index is -0.433. The Labute approximate surface area is 134 Å². The normalized spacial score (nSPS) is 27.7. The van der Waals surface area contributed by atoms with E-state index in [0.717, 1.165) is 32.6 Å². The molecule has 0 spiro atoms. The number of hydrogen-bond donors (Lipinski definition) is 1. The molecule has 0 aromatic carbocycles. The van der Waals surface area contributed by atoms with Crippen LogP contribution in [0.15, 0.2) is 0 Å². The molecule has 22 heavy (non-hydrogen) atoms. The van der Waals surface area contributed by atoms with E-state index in [-0.39, 0.29) is 12.7 Å². The first-order valence-corrected chi connectivity index (χ1v) is 8.73. The van der Waals surface area contributed by atoms with Gasteiger partial charge in [-0.1, -0.05) is 6.42 Å². The summed E-state index contributed by atoms with van der Waals surface area (Å²) in [5.74, 6) is 0.508. The minimum absolute atomic E-state index is 0.179. The van der Waals surface area contributed by atoms with E-state index in [1.54, 1.807) is 0 Å². The Hall–Kier alpha value is -0.810. The van der Waals surface area contributed by atoms with Crippen LogP contribution < -0.4 is 0 Å². The van der Waals surface area contributed by atoms with Crippen molar-refractivity contribution in [1.82, 2.24) is 9.80 Å². The maximum atomic E-state index is 12.3. The number of piperidine rings is 2. The summed E-state index contributed by atoms with van der Waals surface area (Å²) in [6, 6.07) is 0.506. The second-order valence-corrected chi connectivity index (χ2v) is 7.65. The van der Waals surface area contributed by atoms with E-state index >= 15 is 0 Å². The number of β-amino-alcohol motifs (C(OH)–C–C–N with tert-alkyl or cyclic N) is 1. The number of rotatable bonds is 3. The number of ether oxygens (including phenoxy) is 1. The molecule has 1 amide bonds. The van der Waals surface area contributed by atoms with Crippen molar-refractivity contribution >= 4 is 6.09 Å². The van der Waals surface area contributed by atoms with Crippen molar-refractivity contribution in [2.24, 2.45) is 5.92 Å². The summed E-state index contributed by atoms with van der Waals surface area (Å²) in [6.07, 6.45) is 5.71. The van der Waals surface area contributed by atoms with Crippen LogP contribution in [0, 0.1) is 5.92 Å². The third-order valence-electron chi connectivity index (χ3n) is 4.71. The standard InChI is InChI=1S/C17H32N2O3/c1-17(2,3)22-16(21)19-10-6-7-14(13-19)15-8-4-5-9-18(15)11-12-20/h14-15,20H,4-13H2,1-3H3. The summed E-state index contributed by atoms with van der Waals surface area (Å²) in [4.78, 5) is 16.6. The topological polar surface area (TPSA) is 53.0 Å². The molecule has 0 aromatic heterocycles. The smallest absolute Gasteiger partial charge is 0.410 e. The van der Waals surface area contributed by atoms with E-state index in [9.17, 15) is 9.90 Å². The third kappa shape index (κ3) is 4.85. The van der Waals surface area contributed by atoms with E-state index in [1.807, 2.05) is 25.7 Å². The first kappa shape index (κ1) is 17.5. The van der Waals surface area contributed by atoms with Crippen molar-refractivity contribution in [3.8, 4) is 0 Å². The number of carbonyl (C=O) groups excluding carboxylic acids is 1. The monoisotopic (exact) mass is 312 g/mol. The van der Waals surface area contributed by atoms with E-state index in [0.29, 0.717) is 12.0 Å². The average Bonchev–Trinajstić information content (AvgIpc) is 2.46. The molecule has 2 saturated heterocycles. The number of aliphatic hydroxyl groups is 1. The highest BCUT2D eigenvalue weighted by Gasteiger charge is 2.35. The van der Waals surface area contributed by atoms with Gasteiger partial charge >= 0.3 is 6.09 Å². The Bertz CT molecular complexity index is 365. The highest BCUT2D eigenvalue weighted by molar-refractivity contribution is 5.68. The Balaban J connectivity index is 1.95. The molecule has 0 saturated carbocycles. The van der Waals surface area contributed by atoms with Gasteiger partial charge in [-0.2, -0.15) is 0 Å². The van der Waals surface area contributed by atoms with Gasteiger partial charge in [-0.25, -0.2) is 4.79 Å². The van der Waals surface area contributed by atoms with Gasteiger partial charge in [0.1, 0.15) is 5.60 Å². The van der Waals surface area contributed by atoms with Gasteiger partial charge < -0.3 is 14.7 Å². The van der Waals surface area contributed by atoms with Crippen LogP contribution in [0.3, 0.4) is 0 Å². The number of likely N-dealkylation sites (tertiary alicyclic amines) is 2. The number of hydrogen-bond acceptors (Lipinski definition) is 4. The number of carbonyl (C=O) groups is 1. The third-order valence-corrected chi connectivity index (χ3v) is 4.71. The van der Waals surface area contributed by atoms with Crippen LogP contribution in [-0.4, -0.2) is 65.4 Å². The van der Waals surface area contributed by atoms with Crippen LogP contribution in [0.1, 0.15) is 52.9 Å². The SMILES string of the molecule is CC(C)(C)OC(=O)N1CCCC(C2CCCCN2CCO)C1. The second-order valence-electron chi connectivity index (χ2n) is 7.65. The number of amides is 1. The number of nitrogens with zero attached hydrogens (tertiary/aromatic N) is 2. The van der Waals surface area contributed by atoms with Gasteiger partial charge in [0, 0.05) is 25.7 Å². The van der Waals surface area contributed by atoms with Crippen molar-refractivity contribution in [2.75, 3.05) is 32.8 Å². The molecule has 2 unspecified atom stereocenters. The van der Waals surface area contributed by atoms with Gasteiger partial charge in [0.05, 0.1) is 6.61 Å². The highest BCUT2D eigenvalue weighted by Crippen LogP contribution is 2.30. The lowest BCUT2D eigenvalue weighted by molar-refractivity contribution is 0.00263. The zero-order chi connectivity index (χ0) is 16.2. The predicted octanol–water partition coefficient (Wildman–Crippen LogP) is 2.48. The lowest BCUT2D eigenvalue weighted by Gasteiger charge is -2.44. The van der Waals surface area contributed by atoms with Crippen LogP contribution in [0.4, 0.5) is 4.79 Å². The molecule has 2 atom stereocenters. The Kier molecular flexibility index (Phi) is 6.09. The molecular weight excluding hydrogens is 280 g/mol. The van der Waals surface area contributed by atoms with Crippen LogP contribution >= 0.6 is 0 Å². The molecule has 2 heterocycles. The van der Waals surface area contributed by atoms with Gasteiger partial charge in [0.2, 0.25) is 0 Å². The molecule has 128 valence electrons. The Morgan fingerprint density at radius 1 is 1.18 bits per heavy atom. The van der Waals surface area contributed by atoms with Gasteiger partial charge in [-0.3, -0.25) is 4.90 Å². The summed E-state index contributed by atoms with van der Waals surface area (Å²) in [7, 11) is 0. The quantitative estimate of drug-likeness (QED) is 0.870. The lowest BCUT2D eigenvalue weighted by Crippen LogP contribution is -2.52. The molecule has 0 aliphatic carbocycles. The lowest BCUT2D eigenvalue weighted by atomic mass is 9.84. The molecule has 5 heteroatoms. The number of aliphatic hydroxyl groups excluding tert-OH is 1. The predicted molar refractivity (Wildman–Crippen MR) is 86.8 cm³/mol. The van der Waals surface area contributed by atoms with Crippen LogP contribution in [0.5, 0.6) is 0 Å². The molecular formula is C17H32N2O3. The maximum Gasteiger partial charge on any atom is 0.410 e. The Morgan fingerprint density at radius 2 is 1.95 bits per heavy atom. The minimum Gasteiger partial charge on any atom is -0.444 e. The summed E-state index contributed by atoms with van der Waals surface area (Å²) >= 11 is 0. The van der Waals surface area contributed by atoms with Crippen molar-refractivity contribution in [1.29, 1.82) is 0 Å². The van der Waals surface area contributed by atoms with E-state index in [2.05, 4.69) is 4.90 Å². The molecule has 0 bridgehead atoms. The summed E-state index contributed by atoms with van der Waals surface area (Å²) in [5.41, 5.74) is -0.433. The molecule has 5 nitrogen and oxygen atoms in total. The van der Waals surface area contributed by atoms with Gasteiger partial charge in [-0.05, 0) is 58.9 Å². The molecule has 0 radical (unpaired) electrons. The Morgan fingerprint density at radius 3 is 2.64 bits per heavy atom. The zero-order valence-corrected chi connectivity index (χ0v) is 14.4. The van der Waals surface area contributed by atoms with E-state index in [4.69, 9.17) is 4.74 Å². The van der Waals surface area contributed by atoms with E-state index in [1.165, 1.54) is 25.7 Å². The van der Waals surface area contributed by atoms with Crippen LogP contribution in [0.25, 0.3) is 0 Å². The fourth-order valence-electron chi connectivity index (χ4n) is 3.77. The van der Waals surface area contributed by atoms with Gasteiger partial charge in [0.25, 0.3) is 0 Å². The van der Waals surface area contributed by atoms with Crippen molar-refractivity contribution in [3.05, 3.63) is 0 Å². The average molecular weight is 312 g/mol. The van der Waals surface area contributed by atoms with Crippen LogP contribution in [0.2, 0.25) is 0 Å². The fourth-order valence-corrected chi connectivity index (χ4v) is 3.77. The first-order chi connectivity index (χ1) is 10.4. The molecule has 2 aliphatic rings. The summed E-state index contributed by atoms with van der Waals surface area (Å²) < 4.78 is 5.52. The van der Waals surface area contributed by atoms with Crippen LogP contribution in [-0.2, 0) is 4.74 Å².